The van der Waals surface area contributed by atoms with E-state index < -0.39 is 0 Å². The summed E-state index contributed by atoms with van der Waals surface area (Å²) in [6.45, 7) is 11.8. The molecule has 0 amide bonds. The first-order valence-electron chi connectivity index (χ1n) is 7.88. The Hall–Kier alpha value is -0.0800. The van der Waals surface area contributed by atoms with Gasteiger partial charge < -0.3 is 5.11 Å². The molecule has 0 spiro atoms. The summed E-state index contributed by atoms with van der Waals surface area (Å²) >= 11 is 0. The second kappa shape index (κ2) is 5.50. The minimum atomic E-state index is -0.0931. The summed E-state index contributed by atoms with van der Waals surface area (Å²) in [7, 11) is 0. The van der Waals surface area contributed by atoms with Gasteiger partial charge in [0.15, 0.2) is 0 Å². The summed E-state index contributed by atoms with van der Waals surface area (Å²) in [6, 6.07) is 0. The molecule has 4 atom stereocenters. The summed E-state index contributed by atoms with van der Waals surface area (Å²) < 4.78 is 0. The van der Waals surface area contributed by atoms with Crippen LogP contribution < -0.4 is 0 Å². The molecule has 18 heavy (non-hydrogen) atoms. The molecule has 2 aliphatic rings. The van der Waals surface area contributed by atoms with Crippen molar-refractivity contribution < 1.29 is 5.11 Å². The number of hydrogen-bond donors (Lipinski definition) is 1. The normalized spacial score (nSPS) is 39.2. The molecule has 1 saturated heterocycles. The fourth-order valence-electron chi connectivity index (χ4n) is 4.10. The first-order chi connectivity index (χ1) is 8.45. The van der Waals surface area contributed by atoms with Gasteiger partial charge >= 0.3 is 0 Å². The molecule has 1 aliphatic heterocycles. The predicted molar refractivity (Wildman–Crippen MR) is 76.6 cm³/mol. The molecule has 0 radical (unpaired) electrons. The Morgan fingerprint density at radius 1 is 1.22 bits per heavy atom. The Kier molecular flexibility index (Phi) is 4.38. The Bertz CT molecular complexity index is 276. The van der Waals surface area contributed by atoms with Gasteiger partial charge in [0.1, 0.15) is 0 Å². The van der Waals surface area contributed by atoms with E-state index in [1.54, 1.807) is 0 Å². The monoisotopic (exact) mass is 253 g/mol. The maximum absolute atomic E-state index is 10.4. The van der Waals surface area contributed by atoms with Gasteiger partial charge in [-0.25, -0.2) is 0 Å². The molecule has 106 valence electrons. The van der Waals surface area contributed by atoms with E-state index in [-0.39, 0.29) is 11.6 Å². The van der Waals surface area contributed by atoms with Crippen LogP contribution in [0.15, 0.2) is 0 Å². The molecule has 2 nitrogen and oxygen atoms in total. The van der Waals surface area contributed by atoms with Crippen LogP contribution in [-0.2, 0) is 0 Å². The minimum Gasteiger partial charge on any atom is -0.393 e. The van der Waals surface area contributed by atoms with Crippen LogP contribution in [-0.4, -0.2) is 34.7 Å². The molecule has 1 heterocycles. The SMILES string of the molecule is CC[C@H]1CCN(C(C)(C)[C@@H]2CC[C@@H](C)C[C@H]2O)C1. The summed E-state index contributed by atoms with van der Waals surface area (Å²) in [5, 5.41) is 10.4. The molecule has 0 unspecified atom stereocenters. The van der Waals surface area contributed by atoms with Gasteiger partial charge in [0.05, 0.1) is 6.10 Å². The largest absolute Gasteiger partial charge is 0.393 e. The predicted octanol–water partition coefficient (Wildman–Crippen LogP) is 3.29. The lowest BCUT2D eigenvalue weighted by Crippen LogP contribution is -2.53. The van der Waals surface area contributed by atoms with E-state index >= 15 is 0 Å². The first kappa shape index (κ1) is 14.3. The fraction of sp³-hybridized carbons (Fsp3) is 1.00. The van der Waals surface area contributed by atoms with Crippen molar-refractivity contribution in [3.8, 4) is 0 Å². The highest BCUT2D eigenvalue weighted by Crippen LogP contribution is 2.40. The number of aliphatic hydroxyl groups excluding tert-OH is 1. The van der Waals surface area contributed by atoms with Crippen LogP contribution in [0.2, 0.25) is 0 Å². The minimum absolute atomic E-state index is 0.0931. The van der Waals surface area contributed by atoms with E-state index in [0.717, 1.165) is 12.3 Å². The van der Waals surface area contributed by atoms with Crippen LogP contribution in [0.3, 0.4) is 0 Å². The number of hydrogen-bond acceptors (Lipinski definition) is 2. The molecular formula is C16H31NO. The van der Waals surface area contributed by atoms with Crippen LogP contribution in [0.4, 0.5) is 0 Å². The smallest absolute Gasteiger partial charge is 0.0588 e. The summed E-state index contributed by atoms with van der Waals surface area (Å²) in [5.74, 6) is 2.04. The van der Waals surface area contributed by atoms with Gasteiger partial charge in [0.2, 0.25) is 0 Å². The molecule has 1 saturated carbocycles. The topological polar surface area (TPSA) is 23.5 Å². The van der Waals surface area contributed by atoms with Crippen LogP contribution in [0, 0.1) is 17.8 Å². The van der Waals surface area contributed by atoms with E-state index in [4.69, 9.17) is 0 Å². The molecule has 0 aromatic heterocycles. The molecule has 1 aliphatic carbocycles. The Morgan fingerprint density at radius 3 is 2.50 bits per heavy atom. The van der Waals surface area contributed by atoms with Crippen LogP contribution in [0.5, 0.6) is 0 Å². The van der Waals surface area contributed by atoms with Crippen molar-refractivity contribution in [3.63, 3.8) is 0 Å². The van der Waals surface area contributed by atoms with E-state index in [1.165, 1.54) is 38.8 Å². The maximum Gasteiger partial charge on any atom is 0.0588 e. The summed E-state index contributed by atoms with van der Waals surface area (Å²) in [5.41, 5.74) is 0.170. The lowest BCUT2D eigenvalue weighted by atomic mass is 9.71. The number of nitrogens with zero attached hydrogens (tertiary/aromatic N) is 1. The molecule has 0 aromatic carbocycles. The quantitative estimate of drug-likeness (QED) is 0.834. The van der Waals surface area contributed by atoms with Gasteiger partial charge in [-0.3, -0.25) is 4.90 Å². The average molecular weight is 253 g/mol. The van der Waals surface area contributed by atoms with Crippen molar-refractivity contribution in [2.24, 2.45) is 17.8 Å². The molecule has 0 bridgehead atoms. The van der Waals surface area contributed by atoms with Gasteiger partial charge in [-0.15, -0.1) is 0 Å². The third-order valence-corrected chi connectivity index (χ3v) is 5.66. The van der Waals surface area contributed by atoms with Gasteiger partial charge in [-0.1, -0.05) is 26.7 Å². The Balaban J connectivity index is 2.01. The van der Waals surface area contributed by atoms with Crippen molar-refractivity contribution >= 4 is 0 Å². The molecule has 0 aromatic rings. The van der Waals surface area contributed by atoms with Crippen molar-refractivity contribution in [1.29, 1.82) is 0 Å². The highest BCUT2D eigenvalue weighted by Gasteiger charge is 2.43. The standard InChI is InChI=1S/C16H31NO/c1-5-13-8-9-17(11-13)16(3,4)14-7-6-12(2)10-15(14)18/h12-15,18H,5-11H2,1-4H3/t12-,13+,14-,15-/m1/s1. The van der Waals surface area contributed by atoms with Gasteiger partial charge in [0.25, 0.3) is 0 Å². The van der Waals surface area contributed by atoms with Crippen molar-refractivity contribution in [2.45, 2.75) is 71.4 Å². The van der Waals surface area contributed by atoms with E-state index in [2.05, 4.69) is 32.6 Å². The third kappa shape index (κ3) is 2.75. The van der Waals surface area contributed by atoms with Gasteiger partial charge in [0, 0.05) is 18.0 Å². The summed E-state index contributed by atoms with van der Waals surface area (Å²) in [4.78, 5) is 2.64. The zero-order chi connectivity index (χ0) is 13.3. The second-order valence-corrected chi connectivity index (χ2v) is 7.25. The number of rotatable bonds is 3. The van der Waals surface area contributed by atoms with Crippen LogP contribution in [0.1, 0.15) is 59.8 Å². The lowest BCUT2D eigenvalue weighted by molar-refractivity contribution is -0.0378. The highest BCUT2D eigenvalue weighted by atomic mass is 16.3. The fourth-order valence-corrected chi connectivity index (χ4v) is 4.10. The molecule has 2 fully saturated rings. The van der Waals surface area contributed by atoms with Crippen molar-refractivity contribution in [3.05, 3.63) is 0 Å². The van der Waals surface area contributed by atoms with Crippen molar-refractivity contribution in [2.75, 3.05) is 13.1 Å². The molecule has 2 rings (SSSR count). The first-order valence-corrected chi connectivity index (χ1v) is 7.88. The van der Waals surface area contributed by atoms with E-state index in [0.29, 0.717) is 11.8 Å². The second-order valence-electron chi connectivity index (χ2n) is 7.25. The summed E-state index contributed by atoms with van der Waals surface area (Å²) in [6.07, 6.45) is 6.04. The van der Waals surface area contributed by atoms with Crippen LogP contribution >= 0.6 is 0 Å². The molecular weight excluding hydrogens is 222 g/mol. The Morgan fingerprint density at radius 2 is 1.94 bits per heavy atom. The van der Waals surface area contributed by atoms with Gasteiger partial charge in [-0.05, 0) is 51.5 Å². The van der Waals surface area contributed by atoms with Crippen molar-refractivity contribution in [1.82, 2.24) is 4.90 Å². The Labute approximate surface area is 113 Å². The maximum atomic E-state index is 10.4. The third-order valence-electron chi connectivity index (χ3n) is 5.66. The molecule has 2 heteroatoms. The zero-order valence-corrected chi connectivity index (χ0v) is 12.7. The van der Waals surface area contributed by atoms with E-state index in [1.807, 2.05) is 0 Å². The van der Waals surface area contributed by atoms with Crippen LogP contribution in [0.25, 0.3) is 0 Å². The van der Waals surface area contributed by atoms with E-state index in [9.17, 15) is 5.11 Å². The number of aliphatic hydroxyl groups is 1. The average Bonchev–Trinajstić information content (AvgIpc) is 2.77. The molecule has 1 N–H and O–H groups in total. The lowest BCUT2D eigenvalue weighted by Gasteiger charge is -2.47. The zero-order valence-electron chi connectivity index (χ0n) is 12.7. The highest BCUT2D eigenvalue weighted by molar-refractivity contribution is 4.97. The number of likely N-dealkylation sites (tertiary alicyclic amines) is 1. The van der Waals surface area contributed by atoms with Gasteiger partial charge in [-0.2, -0.15) is 0 Å².